The molecular weight excluding hydrogens is 454 g/mol. The van der Waals surface area contributed by atoms with Crippen molar-refractivity contribution in [3.8, 4) is 5.75 Å². The van der Waals surface area contributed by atoms with Crippen LogP contribution in [0.4, 0.5) is 11.4 Å². The number of benzene rings is 2. The molecule has 9 heteroatoms. The van der Waals surface area contributed by atoms with E-state index < -0.39 is 16.1 Å². The zero-order chi connectivity index (χ0) is 24.3. The first-order valence-corrected chi connectivity index (χ1v) is 13.3. The van der Waals surface area contributed by atoms with Crippen LogP contribution in [0.3, 0.4) is 0 Å². The number of fused-ring (bicyclic) bond motifs is 1. The van der Waals surface area contributed by atoms with Crippen molar-refractivity contribution in [2.24, 2.45) is 0 Å². The highest BCUT2D eigenvalue weighted by Gasteiger charge is 2.31. The predicted octanol–water partition coefficient (Wildman–Crippen LogP) is 4.03. The van der Waals surface area contributed by atoms with Crippen molar-refractivity contribution in [2.75, 3.05) is 29.9 Å². The normalized spacial score (nSPS) is 18.5. The summed E-state index contributed by atoms with van der Waals surface area (Å²) in [6.07, 6.45) is 4.14. The van der Waals surface area contributed by atoms with Gasteiger partial charge in [-0.25, -0.2) is 8.42 Å². The van der Waals surface area contributed by atoms with Crippen LogP contribution in [-0.2, 0) is 14.8 Å². The largest absolute Gasteiger partial charge is 0.479 e. The van der Waals surface area contributed by atoms with Gasteiger partial charge in [0.2, 0.25) is 10.0 Å². The lowest BCUT2D eigenvalue weighted by molar-refractivity contribution is -0.125. The molecule has 0 aromatic heterocycles. The maximum Gasteiger partial charge on any atom is 0.267 e. The van der Waals surface area contributed by atoms with Crippen molar-refractivity contribution < 1.29 is 22.7 Å². The third-order valence-electron chi connectivity index (χ3n) is 6.23. The summed E-state index contributed by atoms with van der Waals surface area (Å²) in [6, 6.07) is 11.2. The van der Waals surface area contributed by atoms with Crippen molar-refractivity contribution >= 4 is 33.2 Å². The van der Waals surface area contributed by atoms with Crippen molar-refractivity contribution in [1.29, 1.82) is 0 Å². The highest BCUT2D eigenvalue weighted by molar-refractivity contribution is 7.89. The highest BCUT2D eigenvalue weighted by atomic mass is 32.2. The molecule has 0 saturated carbocycles. The molecule has 8 nitrogen and oxygen atoms in total. The minimum atomic E-state index is -3.53. The first-order valence-electron chi connectivity index (χ1n) is 11.8. The maximum atomic E-state index is 12.8. The molecule has 2 heterocycles. The molecule has 1 unspecified atom stereocenters. The SMILES string of the molecule is CCCCCN1C(=O)C(C)Oc2ccc(NC(=O)c3ccc(S(=O)(=O)N4CCCC4)cc3)cc21. The molecule has 2 amide bonds. The molecule has 2 aromatic rings. The number of nitrogens with one attached hydrogen (secondary N) is 1. The number of ether oxygens (including phenoxy) is 1. The molecule has 0 spiro atoms. The number of rotatable bonds is 8. The minimum Gasteiger partial charge on any atom is -0.479 e. The van der Waals surface area contributed by atoms with Crippen LogP contribution in [0.5, 0.6) is 5.75 Å². The number of carbonyl (C=O) groups excluding carboxylic acids is 2. The average molecular weight is 486 g/mol. The molecule has 0 radical (unpaired) electrons. The smallest absolute Gasteiger partial charge is 0.267 e. The molecule has 4 rings (SSSR count). The Morgan fingerprint density at radius 3 is 2.47 bits per heavy atom. The van der Waals surface area contributed by atoms with Crippen LogP contribution in [0.25, 0.3) is 0 Å². The van der Waals surface area contributed by atoms with E-state index in [0.717, 1.165) is 32.1 Å². The molecule has 2 aromatic carbocycles. The van der Waals surface area contributed by atoms with Gasteiger partial charge in [-0.2, -0.15) is 4.31 Å². The Labute approximate surface area is 200 Å². The number of nitrogens with zero attached hydrogens (tertiary/aromatic N) is 2. The summed E-state index contributed by atoms with van der Waals surface area (Å²) in [5.41, 5.74) is 1.52. The van der Waals surface area contributed by atoms with Crippen LogP contribution in [0.1, 0.15) is 56.3 Å². The van der Waals surface area contributed by atoms with E-state index in [4.69, 9.17) is 4.74 Å². The number of sulfonamides is 1. The zero-order valence-corrected chi connectivity index (χ0v) is 20.4. The summed E-state index contributed by atoms with van der Waals surface area (Å²) in [5, 5.41) is 2.84. The van der Waals surface area contributed by atoms with Gasteiger partial charge in [-0.3, -0.25) is 9.59 Å². The second kappa shape index (κ2) is 10.1. The van der Waals surface area contributed by atoms with Crippen LogP contribution in [0.15, 0.2) is 47.4 Å². The second-order valence-electron chi connectivity index (χ2n) is 8.73. The fraction of sp³-hybridized carbons (Fsp3) is 0.440. The zero-order valence-electron chi connectivity index (χ0n) is 19.6. The molecule has 34 heavy (non-hydrogen) atoms. The average Bonchev–Trinajstić information content (AvgIpc) is 3.38. The van der Waals surface area contributed by atoms with E-state index in [1.165, 1.54) is 28.6 Å². The van der Waals surface area contributed by atoms with Gasteiger partial charge in [0.05, 0.1) is 10.6 Å². The fourth-order valence-electron chi connectivity index (χ4n) is 4.29. The molecule has 1 N–H and O–H groups in total. The van der Waals surface area contributed by atoms with Gasteiger partial charge in [-0.15, -0.1) is 0 Å². The van der Waals surface area contributed by atoms with Crippen molar-refractivity contribution in [1.82, 2.24) is 4.31 Å². The van der Waals surface area contributed by atoms with Gasteiger partial charge < -0.3 is 15.0 Å². The third kappa shape index (κ3) is 4.95. The van der Waals surface area contributed by atoms with Gasteiger partial charge in [0.15, 0.2) is 6.10 Å². The Morgan fingerprint density at radius 1 is 1.09 bits per heavy atom. The first-order chi connectivity index (χ1) is 16.3. The Balaban J connectivity index is 1.50. The van der Waals surface area contributed by atoms with Crippen molar-refractivity contribution in [3.05, 3.63) is 48.0 Å². The van der Waals surface area contributed by atoms with E-state index in [0.29, 0.717) is 42.3 Å². The van der Waals surface area contributed by atoms with Gasteiger partial charge in [0.25, 0.3) is 11.8 Å². The monoisotopic (exact) mass is 485 g/mol. The first kappa shape index (κ1) is 24.2. The van der Waals surface area contributed by atoms with E-state index in [-0.39, 0.29) is 16.7 Å². The Hall–Kier alpha value is -2.91. The molecule has 182 valence electrons. The molecular formula is C25H31N3O5S. The van der Waals surface area contributed by atoms with Gasteiger partial charge in [0.1, 0.15) is 5.75 Å². The van der Waals surface area contributed by atoms with Gasteiger partial charge >= 0.3 is 0 Å². The third-order valence-corrected chi connectivity index (χ3v) is 8.14. The molecule has 1 fully saturated rings. The van der Waals surface area contributed by atoms with Gasteiger partial charge in [-0.1, -0.05) is 19.8 Å². The number of amides is 2. The summed E-state index contributed by atoms with van der Waals surface area (Å²) in [6.45, 7) is 5.51. The Morgan fingerprint density at radius 2 is 1.79 bits per heavy atom. The molecule has 0 bridgehead atoms. The van der Waals surface area contributed by atoms with E-state index in [9.17, 15) is 18.0 Å². The number of hydrogen-bond donors (Lipinski definition) is 1. The molecule has 1 atom stereocenters. The lowest BCUT2D eigenvalue weighted by Crippen LogP contribution is -2.44. The van der Waals surface area contributed by atoms with Crippen LogP contribution in [-0.4, -0.2) is 50.3 Å². The lowest BCUT2D eigenvalue weighted by Gasteiger charge is -2.33. The molecule has 0 aliphatic carbocycles. The van der Waals surface area contributed by atoms with E-state index in [2.05, 4.69) is 12.2 Å². The lowest BCUT2D eigenvalue weighted by atomic mass is 10.1. The molecule has 2 aliphatic heterocycles. The highest BCUT2D eigenvalue weighted by Crippen LogP contribution is 2.36. The van der Waals surface area contributed by atoms with E-state index >= 15 is 0 Å². The molecule has 2 aliphatic rings. The van der Waals surface area contributed by atoms with Crippen LogP contribution >= 0.6 is 0 Å². The minimum absolute atomic E-state index is 0.0955. The standard InChI is InChI=1S/C25H31N3O5S/c1-3-4-5-16-28-22-17-20(10-13-23(22)33-18(2)25(28)30)26-24(29)19-8-11-21(12-9-19)34(31,32)27-14-6-7-15-27/h8-13,17-18H,3-7,14-16H2,1-2H3,(H,26,29). The predicted molar refractivity (Wildman–Crippen MR) is 131 cm³/mol. The number of unbranched alkanes of at least 4 members (excludes halogenated alkanes) is 2. The van der Waals surface area contributed by atoms with E-state index in [1.54, 1.807) is 30.0 Å². The maximum absolute atomic E-state index is 12.8. The van der Waals surface area contributed by atoms with E-state index in [1.807, 2.05) is 0 Å². The van der Waals surface area contributed by atoms with Crippen LogP contribution in [0, 0.1) is 0 Å². The number of anilines is 2. The number of carbonyl (C=O) groups is 2. The van der Waals surface area contributed by atoms with Gasteiger partial charge in [-0.05, 0) is 68.7 Å². The summed E-state index contributed by atoms with van der Waals surface area (Å²) < 4.78 is 32.6. The van der Waals surface area contributed by atoms with Crippen molar-refractivity contribution in [2.45, 2.75) is 57.0 Å². The summed E-state index contributed by atoms with van der Waals surface area (Å²) in [4.78, 5) is 27.4. The quantitative estimate of drug-likeness (QED) is 0.570. The summed E-state index contributed by atoms with van der Waals surface area (Å²) in [5.74, 6) is 0.152. The fourth-order valence-corrected chi connectivity index (χ4v) is 5.81. The summed E-state index contributed by atoms with van der Waals surface area (Å²) >= 11 is 0. The summed E-state index contributed by atoms with van der Waals surface area (Å²) in [7, 11) is -3.53. The number of hydrogen-bond acceptors (Lipinski definition) is 5. The van der Waals surface area contributed by atoms with Crippen molar-refractivity contribution in [3.63, 3.8) is 0 Å². The second-order valence-corrected chi connectivity index (χ2v) is 10.7. The van der Waals surface area contributed by atoms with Crippen LogP contribution < -0.4 is 15.0 Å². The Bertz CT molecular complexity index is 1160. The molecule has 1 saturated heterocycles. The Kier molecular flexibility index (Phi) is 7.23. The van der Waals surface area contributed by atoms with Crippen LogP contribution in [0.2, 0.25) is 0 Å². The topological polar surface area (TPSA) is 96.0 Å². The van der Waals surface area contributed by atoms with Gasteiger partial charge in [0, 0.05) is 30.9 Å².